The maximum Gasteiger partial charge on any atom is 0.412 e. The highest BCUT2D eigenvalue weighted by atomic mass is 35.5. The monoisotopic (exact) mass is 392 g/mol. The van der Waals surface area contributed by atoms with Gasteiger partial charge in [0, 0.05) is 6.54 Å². The number of halogens is 2. The SMILES string of the molecule is CCOC(=O)Nc1n[nH]c2c(C(=O)NCc3ccc(F)c(Cl)c3)ncnc12. The van der Waals surface area contributed by atoms with Crippen LogP contribution in [-0.4, -0.2) is 38.8 Å². The largest absolute Gasteiger partial charge is 0.450 e. The molecule has 0 saturated heterocycles. The Bertz CT molecular complexity index is 1010. The summed E-state index contributed by atoms with van der Waals surface area (Å²) >= 11 is 5.72. The summed E-state index contributed by atoms with van der Waals surface area (Å²) in [5.41, 5.74) is 1.17. The van der Waals surface area contributed by atoms with E-state index in [0.717, 1.165) is 0 Å². The van der Waals surface area contributed by atoms with Crippen molar-refractivity contribution < 1.29 is 18.7 Å². The van der Waals surface area contributed by atoms with Crippen LogP contribution in [0.3, 0.4) is 0 Å². The van der Waals surface area contributed by atoms with Crippen LogP contribution >= 0.6 is 11.6 Å². The van der Waals surface area contributed by atoms with Crippen LogP contribution in [-0.2, 0) is 11.3 Å². The summed E-state index contributed by atoms with van der Waals surface area (Å²) in [5, 5.41) is 11.6. The second-order valence-corrected chi connectivity index (χ2v) is 5.70. The number of amides is 2. The molecule has 0 aliphatic heterocycles. The predicted molar refractivity (Wildman–Crippen MR) is 94.9 cm³/mol. The lowest BCUT2D eigenvalue weighted by molar-refractivity contribution is 0.0947. The summed E-state index contributed by atoms with van der Waals surface area (Å²) in [5.74, 6) is -0.928. The summed E-state index contributed by atoms with van der Waals surface area (Å²) in [4.78, 5) is 32.0. The van der Waals surface area contributed by atoms with Gasteiger partial charge in [-0.2, -0.15) is 5.10 Å². The van der Waals surface area contributed by atoms with Gasteiger partial charge in [-0.05, 0) is 24.6 Å². The molecule has 2 aromatic heterocycles. The fourth-order valence-electron chi connectivity index (χ4n) is 2.27. The van der Waals surface area contributed by atoms with Crippen LogP contribution in [0.4, 0.5) is 15.0 Å². The van der Waals surface area contributed by atoms with E-state index >= 15 is 0 Å². The zero-order chi connectivity index (χ0) is 19.4. The van der Waals surface area contributed by atoms with Gasteiger partial charge in [0.05, 0.1) is 11.6 Å². The molecule has 140 valence electrons. The predicted octanol–water partition coefficient (Wildman–Crippen LogP) is 2.64. The number of hydrogen-bond donors (Lipinski definition) is 3. The molecule has 0 aliphatic carbocycles. The maximum absolute atomic E-state index is 13.2. The molecule has 2 heterocycles. The van der Waals surface area contributed by atoms with Gasteiger partial charge < -0.3 is 10.1 Å². The zero-order valence-corrected chi connectivity index (χ0v) is 14.8. The third-order valence-electron chi connectivity index (χ3n) is 3.50. The number of H-pyrrole nitrogens is 1. The smallest absolute Gasteiger partial charge is 0.412 e. The molecular formula is C16H14ClFN6O3. The van der Waals surface area contributed by atoms with Crippen molar-refractivity contribution in [1.29, 1.82) is 0 Å². The van der Waals surface area contributed by atoms with E-state index in [2.05, 4.69) is 30.8 Å². The quantitative estimate of drug-likeness (QED) is 0.613. The molecule has 0 fully saturated rings. The molecule has 0 unspecified atom stereocenters. The number of aromatic nitrogens is 4. The maximum atomic E-state index is 13.2. The van der Waals surface area contributed by atoms with E-state index in [1.807, 2.05) is 0 Å². The summed E-state index contributed by atoms with van der Waals surface area (Å²) in [6.07, 6.45) is 0.487. The van der Waals surface area contributed by atoms with Crippen molar-refractivity contribution in [2.75, 3.05) is 11.9 Å². The van der Waals surface area contributed by atoms with Gasteiger partial charge in [-0.15, -0.1) is 0 Å². The molecule has 27 heavy (non-hydrogen) atoms. The first-order chi connectivity index (χ1) is 13.0. The molecule has 3 rings (SSSR count). The van der Waals surface area contributed by atoms with Gasteiger partial charge in [0.2, 0.25) is 0 Å². The first kappa shape index (κ1) is 18.5. The van der Waals surface area contributed by atoms with Crippen LogP contribution in [0.2, 0.25) is 5.02 Å². The molecule has 0 bridgehead atoms. The average Bonchev–Trinajstić information content (AvgIpc) is 3.05. The molecule has 0 atom stereocenters. The molecular weight excluding hydrogens is 379 g/mol. The first-order valence-corrected chi connectivity index (χ1v) is 8.22. The molecule has 0 saturated carbocycles. The van der Waals surface area contributed by atoms with Gasteiger partial charge in [0.1, 0.15) is 23.2 Å². The van der Waals surface area contributed by atoms with Crippen LogP contribution < -0.4 is 10.6 Å². The van der Waals surface area contributed by atoms with Gasteiger partial charge in [-0.1, -0.05) is 17.7 Å². The van der Waals surface area contributed by atoms with Crippen LogP contribution in [0.1, 0.15) is 23.0 Å². The Kier molecular flexibility index (Phi) is 5.46. The van der Waals surface area contributed by atoms with Crippen molar-refractivity contribution >= 4 is 40.5 Å². The van der Waals surface area contributed by atoms with E-state index in [0.29, 0.717) is 5.56 Å². The Morgan fingerprint density at radius 3 is 2.89 bits per heavy atom. The fourth-order valence-corrected chi connectivity index (χ4v) is 2.48. The number of fused-ring (bicyclic) bond motifs is 1. The molecule has 3 N–H and O–H groups in total. The van der Waals surface area contributed by atoms with Crippen molar-refractivity contribution in [3.05, 3.63) is 46.6 Å². The minimum Gasteiger partial charge on any atom is -0.450 e. The average molecular weight is 393 g/mol. The van der Waals surface area contributed by atoms with Gasteiger partial charge >= 0.3 is 6.09 Å². The molecule has 1 aromatic carbocycles. The number of hydrogen-bond acceptors (Lipinski definition) is 6. The van der Waals surface area contributed by atoms with Crippen LogP contribution in [0, 0.1) is 5.82 Å². The van der Waals surface area contributed by atoms with E-state index in [1.165, 1.54) is 24.5 Å². The molecule has 0 radical (unpaired) electrons. The highest BCUT2D eigenvalue weighted by Gasteiger charge is 2.18. The van der Waals surface area contributed by atoms with E-state index in [9.17, 15) is 14.0 Å². The van der Waals surface area contributed by atoms with Crippen molar-refractivity contribution in [3.8, 4) is 0 Å². The number of nitrogens with one attached hydrogen (secondary N) is 3. The lowest BCUT2D eigenvalue weighted by Crippen LogP contribution is -2.24. The Balaban J connectivity index is 1.77. The van der Waals surface area contributed by atoms with E-state index < -0.39 is 17.8 Å². The highest BCUT2D eigenvalue weighted by molar-refractivity contribution is 6.30. The number of carbonyl (C=O) groups excluding carboxylic acids is 2. The summed E-state index contributed by atoms with van der Waals surface area (Å²) < 4.78 is 18.0. The van der Waals surface area contributed by atoms with E-state index in [4.69, 9.17) is 16.3 Å². The Labute approximate surface area is 157 Å². The molecule has 3 aromatic rings. The summed E-state index contributed by atoms with van der Waals surface area (Å²) in [6, 6.07) is 4.15. The van der Waals surface area contributed by atoms with Gasteiger partial charge in [0.25, 0.3) is 5.91 Å². The third-order valence-corrected chi connectivity index (χ3v) is 3.79. The third kappa shape index (κ3) is 4.11. The first-order valence-electron chi connectivity index (χ1n) is 7.84. The van der Waals surface area contributed by atoms with Gasteiger partial charge in [-0.25, -0.2) is 19.2 Å². The Morgan fingerprint density at radius 1 is 1.33 bits per heavy atom. The second-order valence-electron chi connectivity index (χ2n) is 5.29. The normalized spacial score (nSPS) is 10.6. The van der Waals surface area contributed by atoms with Crippen molar-refractivity contribution in [2.45, 2.75) is 13.5 Å². The van der Waals surface area contributed by atoms with Crippen LogP contribution in [0.25, 0.3) is 11.0 Å². The summed E-state index contributed by atoms with van der Waals surface area (Å²) in [6.45, 7) is 1.98. The standard InChI is InChI=1S/C16H14ClFN6O3/c1-2-27-16(26)22-14-12-11(23-24-14)13(21-7-20-12)15(25)19-6-8-3-4-10(18)9(17)5-8/h3-5,7H,2,6H2,1H3,(H,19,25)(H2,22,23,24,26). The number of nitrogens with zero attached hydrogens (tertiary/aromatic N) is 3. The Hall–Kier alpha value is -3.27. The zero-order valence-electron chi connectivity index (χ0n) is 14.0. The Morgan fingerprint density at radius 2 is 2.15 bits per heavy atom. The van der Waals surface area contributed by atoms with Gasteiger partial charge in [0.15, 0.2) is 11.5 Å². The van der Waals surface area contributed by atoms with Crippen LogP contribution in [0.5, 0.6) is 0 Å². The molecule has 9 nitrogen and oxygen atoms in total. The van der Waals surface area contributed by atoms with Crippen LogP contribution in [0.15, 0.2) is 24.5 Å². The number of rotatable bonds is 5. The molecule has 11 heteroatoms. The van der Waals surface area contributed by atoms with E-state index in [1.54, 1.807) is 6.92 Å². The fraction of sp³-hybridized carbons (Fsp3) is 0.188. The van der Waals surface area contributed by atoms with Gasteiger partial charge in [-0.3, -0.25) is 15.2 Å². The molecule has 0 spiro atoms. The number of aromatic amines is 1. The highest BCUT2D eigenvalue weighted by Crippen LogP contribution is 2.20. The topological polar surface area (TPSA) is 122 Å². The van der Waals surface area contributed by atoms with E-state index in [-0.39, 0.29) is 40.7 Å². The number of benzene rings is 1. The molecule has 2 amide bonds. The number of anilines is 1. The number of carbonyl (C=O) groups is 2. The van der Waals surface area contributed by atoms with Crippen molar-refractivity contribution in [3.63, 3.8) is 0 Å². The van der Waals surface area contributed by atoms with Crippen molar-refractivity contribution in [1.82, 2.24) is 25.5 Å². The lowest BCUT2D eigenvalue weighted by atomic mass is 10.2. The van der Waals surface area contributed by atoms with Crippen molar-refractivity contribution in [2.24, 2.45) is 0 Å². The minimum absolute atomic E-state index is 0.0329. The summed E-state index contributed by atoms with van der Waals surface area (Å²) in [7, 11) is 0. The second kappa shape index (κ2) is 7.96. The minimum atomic E-state index is -0.691. The molecule has 0 aliphatic rings. The number of ether oxygens (including phenoxy) is 1. The lowest BCUT2D eigenvalue weighted by Gasteiger charge is -2.06.